The fraction of sp³-hybridized carbons (Fsp3) is 0.0769. The second-order valence-electron chi connectivity index (χ2n) is 8.33. The summed E-state index contributed by atoms with van der Waals surface area (Å²) in [4.78, 5) is 24.7. The maximum Gasteiger partial charge on any atom is 0.417 e. The molecule has 0 atom stereocenters. The summed E-state index contributed by atoms with van der Waals surface area (Å²) in [7, 11) is 0. The van der Waals surface area contributed by atoms with Gasteiger partial charge in [-0.2, -0.15) is 26.3 Å². The standard InChI is InChI=1S/C26H18F6N6O4/c27-25(28,29)14-5-3-4-13(12-14)17-8-10-19(41-17)21(39)35-23(33)37-38-24(34)36-22(40)20-11-9-18(42-20)15-6-1-2-7-16(15)26(30,31)32/h1-12H,(H3,33,35,37,39)(H3,34,36,38,40). The van der Waals surface area contributed by atoms with Crippen molar-refractivity contribution in [1.29, 1.82) is 0 Å². The number of nitrogens with zero attached hydrogens (tertiary/aromatic N) is 2. The molecule has 42 heavy (non-hydrogen) atoms. The molecule has 0 radical (unpaired) electrons. The highest BCUT2D eigenvalue weighted by Gasteiger charge is 2.34. The van der Waals surface area contributed by atoms with Crippen LogP contribution >= 0.6 is 0 Å². The van der Waals surface area contributed by atoms with E-state index in [0.29, 0.717) is 0 Å². The lowest BCUT2D eigenvalue weighted by atomic mass is 10.1. The van der Waals surface area contributed by atoms with Crippen LogP contribution in [0.5, 0.6) is 0 Å². The Bertz CT molecular complexity index is 1690. The Morgan fingerprint density at radius 3 is 1.79 bits per heavy atom. The predicted molar refractivity (Wildman–Crippen MR) is 136 cm³/mol. The molecule has 2 aromatic carbocycles. The Morgan fingerprint density at radius 1 is 0.667 bits per heavy atom. The van der Waals surface area contributed by atoms with Crippen LogP contribution in [0.1, 0.15) is 32.2 Å². The van der Waals surface area contributed by atoms with Gasteiger partial charge in [0.05, 0.1) is 11.1 Å². The molecule has 2 aromatic heterocycles. The maximum absolute atomic E-state index is 13.3. The molecular weight excluding hydrogens is 574 g/mol. The lowest BCUT2D eigenvalue weighted by molar-refractivity contribution is -0.138. The van der Waals surface area contributed by atoms with Gasteiger partial charge in [0.2, 0.25) is 11.9 Å². The quantitative estimate of drug-likeness (QED) is 0.111. The Morgan fingerprint density at radius 2 is 1.21 bits per heavy atom. The monoisotopic (exact) mass is 592 g/mol. The van der Waals surface area contributed by atoms with E-state index in [9.17, 15) is 35.9 Å². The van der Waals surface area contributed by atoms with E-state index in [-0.39, 0.29) is 34.2 Å². The molecule has 2 heterocycles. The summed E-state index contributed by atoms with van der Waals surface area (Å²) in [6.45, 7) is 0. The first-order valence-electron chi connectivity index (χ1n) is 11.6. The highest BCUT2D eigenvalue weighted by atomic mass is 19.4. The molecule has 0 aliphatic heterocycles. The maximum atomic E-state index is 13.3. The van der Waals surface area contributed by atoms with Gasteiger partial charge in [-0.3, -0.25) is 20.2 Å². The number of furan rings is 2. The molecule has 2 amide bonds. The molecule has 0 saturated carbocycles. The number of nitrogens with one attached hydrogen (secondary N) is 2. The molecule has 0 spiro atoms. The average molecular weight is 592 g/mol. The fourth-order valence-electron chi connectivity index (χ4n) is 3.53. The van der Waals surface area contributed by atoms with Crippen molar-refractivity contribution in [2.24, 2.45) is 21.7 Å². The van der Waals surface area contributed by atoms with E-state index in [1.165, 1.54) is 48.5 Å². The van der Waals surface area contributed by atoms with Gasteiger partial charge in [0.15, 0.2) is 11.5 Å². The van der Waals surface area contributed by atoms with Crippen molar-refractivity contribution in [3.8, 4) is 22.6 Å². The van der Waals surface area contributed by atoms with Crippen molar-refractivity contribution in [3.63, 3.8) is 0 Å². The Balaban J connectivity index is 1.38. The summed E-state index contributed by atoms with van der Waals surface area (Å²) in [5, 5.41) is 11.0. The second kappa shape index (κ2) is 11.5. The summed E-state index contributed by atoms with van der Waals surface area (Å²) < 4.78 is 89.3. The summed E-state index contributed by atoms with van der Waals surface area (Å²) in [6, 6.07) is 13.7. The van der Waals surface area contributed by atoms with E-state index in [1.807, 2.05) is 0 Å². The molecule has 4 aromatic rings. The number of carbonyl (C=O) groups excluding carboxylic acids is 2. The Hall–Kier alpha value is -5.54. The molecule has 0 fully saturated rings. The third-order valence-electron chi connectivity index (χ3n) is 5.38. The van der Waals surface area contributed by atoms with Crippen molar-refractivity contribution in [2.45, 2.75) is 12.4 Å². The summed E-state index contributed by atoms with van der Waals surface area (Å²) in [5.74, 6) is -4.05. The van der Waals surface area contributed by atoms with E-state index in [2.05, 4.69) is 20.8 Å². The summed E-state index contributed by atoms with van der Waals surface area (Å²) in [5.41, 5.74) is 9.07. The highest BCUT2D eigenvalue weighted by molar-refractivity contribution is 6.05. The minimum Gasteiger partial charge on any atom is -0.451 e. The number of halogens is 6. The van der Waals surface area contributed by atoms with Crippen LogP contribution in [0.4, 0.5) is 26.3 Å². The SMILES string of the molecule is NC(=NN=C(N)NC(=O)c1ccc(-c2ccccc2C(F)(F)F)o1)NC(=O)c1ccc(-c2cccc(C(F)(F)F)c2)o1. The molecule has 4 rings (SSSR count). The highest BCUT2D eigenvalue weighted by Crippen LogP contribution is 2.37. The van der Waals surface area contributed by atoms with Crippen molar-refractivity contribution >= 4 is 23.7 Å². The topological polar surface area (TPSA) is 161 Å². The lowest BCUT2D eigenvalue weighted by Gasteiger charge is -2.10. The van der Waals surface area contributed by atoms with Gasteiger partial charge < -0.3 is 20.3 Å². The van der Waals surface area contributed by atoms with Crippen LogP contribution in [0.25, 0.3) is 22.6 Å². The minimum atomic E-state index is -4.65. The first kappa shape index (κ1) is 29.4. The molecule has 6 N–H and O–H groups in total. The van der Waals surface area contributed by atoms with Crippen LogP contribution in [0.3, 0.4) is 0 Å². The number of hydrogen-bond acceptors (Lipinski definition) is 6. The van der Waals surface area contributed by atoms with Crippen molar-refractivity contribution in [2.75, 3.05) is 0 Å². The van der Waals surface area contributed by atoms with Crippen LogP contribution < -0.4 is 22.1 Å². The number of alkyl halides is 6. The van der Waals surface area contributed by atoms with Gasteiger partial charge in [-0.05, 0) is 42.5 Å². The van der Waals surface area contributed by atoms with E-state index in [1.54, 1.807) is 0 Å². The molecule has 0 aliphatic rings. The van der Waals surface area contributed by atoms with Crippen LogP contribution in [0.2, 0.25) is 0 Å². The predicted octanol–water partition coefficient (Wildman–Crippen LogP) is 4.95. The number of benzene rings is 2. The normalized spacial score (nSPS) is 12.7. The third kappa shape index (κ3) is 6.96. The number of hydrogen-bond donors (Lipinski definition) is 4. The van der Waals surface area contributed by atoms with Gasteiger partial charge >= 0.3 is 12.4 Å². The molecule has 218 valence electrons. The second-order valence-corrected chi connectivity index (χ2v) is 8.33. The van der Waals surface area contributed by atoms with Gasteiger partial charge in [-0.25, -0.2) is 0 Å². The van der Waals surface area contributed by atoms with E-state index in [0.717, 1.165) is 24.3 Å². The van der Waals surface area contributed by atoms with Gasteiger partial charge in [-0.1, -0.05) is 30.3 Å². The van der Waals surface area contributed by atoms with E-state index in [4.69, 9.17) is 20.3 Å². The average Bonchev–Trinajstić information content (AvgIpc) is 3.62. The molecule has 0 unspecified atom stereocenters. The molecule has 10 nitrogen and oxygen atoms in total. The molecule has 0 bridgehead atoms. The van der Waals surface area contributed by atoms with Gasteiger partial charge in [-0.15, -0.1) is 10.2 Å². The van der Waals surface area contributed by atoms with Gasteiger partial charge in [0, 0.05) is 11.1 Å². The van der Waals surface area contributed by atoms with Gasteiger partial charge in [0.1, 0.15) is 11.5 Å². The zero-order chi connectivity index (χ0) is 30.7. The third-order valence-corrected chi connectivity index (χ3v) is 5.38. The first-order chi connectivity index (χ1) is 19.7. The zero-order valence-corrected chi connectivity index (χ0v) is 20.9. The number of rotatable bonds is 5. The zero-order valence-electron chi connectivity index (χ0n) is 20.9. The molecule has 16 heteroatoms. The van der Waals surface area contributed by atoms with Crippen LogP contribution in [-0.4, -0.2) is 23.7 Å². The number of guanidine groups is 2. The van der Waals surface area contributed by atoms with Crippen molar-refractivity contribution < 1.29 is 44.8 Å². The van der Waals surface area contributed by atoms with Crippen molar-refractivity contribution in [1.82, 2.24) is 10.6 Å². The molecule has 0 aliphatic carbocycles. The number of amides is 2. The Kier molecular flexibility index (Phi) is 8.08. The largest absolute Gasteiger partial charge is 0.451 e. The lowest BCUT2D eigenvalue weighted by Crippen LogP contribution is -2.38. The van der Waals surface area contributed by atoms with Crippen molar-refractivity contribution in [3.05, 3.63) is 95.4 Å². The van der Waals surface area contributed by atoms with Crippen LogP contribution in [0.15, 0.2) is 91.8 Å². The van der Waals surface area contributed by atoms with Crippen LogP contribution in [-0.2, 0) is 12.4 Å². The minimum absolute atomic E-state index is 0.0188. The number of carbonyl (C=O) groups is 2. The number of nitrogens with two attached hydrogens (primary N) is 2. The fourth-order valence-corrected chi connectivity index (χ4v) is 3.53. The van der Waals surface area contributed by atoms with Crippen LogP contribution in [0, 0.1) is 0 Å². The smallest absolute Gasteiger partial charge is 0.417 e. The Labute approximate surface area is 231 Å². The molecule has 0 saturated heterocycles. The van der Waals surface area contributed by atoms with Gasteiger partial charge in [0.25, 0.3) is 11.8 Å². The summed E-state index contributed by atoms with van der Waals surface area (Å²) >= 11 is 0. The van der Waals surface area contributed by atoms with E-state index < -0.39 is 47.2 Å². The first-order valence-corrected chi connectivity index (χ1v) is 11.6. The molecular formula is C26H18F6N6O4. The van der Waals surface area contributed by atoms with E-state index >= 15 is 0 Å². The summed E-state index contributed by atoms with van der Waals surface area (Å²) in [6.07, 6.45) is -9.22.